The Morgan fingerprint density at radius 2 is 1.92 bits per heavy atom. The number of phenolic OH excluding ortho intramolecular Hbond substituents is 1. The summed E-state index contributed by atoms with van der Waals surface area (Å²) in [5.41, 5.74) is 7.03. The average molecular weight is 179 g/mol. The fraction of sp³-hybridized carbons (Fsp3) is 0.455. The molecular formula is C11H17NO. The Hall–Kier alpha value is -1.02. The lowest BCUT2D eigenvalue weighted by molar-refractivity contribution is 0.326. The molecule has 13 heavy (non-hydrogen) atoms. The maximum absolute atomic E-state index is 9.27. The van der Waals surface area contributed by atoms with Crippen molar-refractivity contribution in [1.29, 1.82) is 0 Å². The molecule has 1 aromatic carbocycles. The normalized spacial score (nSPS) is 14.2. The number of nitrogens with two attached hydrogens (primary N) is 1. The van der Waals surface area contributed by atoms with Crippen LogP contribution in [0.3, 0.4) is 0 Å². The number of rotatable bonds is 1. The molecule has 1 rings (SSSR count). The highest BCUT2D eigenvalue weighted by Gasteiger charge is 2.22. The van der Waals surface area contributed by atoms with Crippen molar-refractivity contribution in [2.24, 2.45) is 11.1 Å². The highest BCUT2D eigenvalue weighted by Crippen LogP contribution is 2.31. The third kappa shape index (κ3) is 2.46. The third-order valence-corrected chi connectivity index (χ3v) is 2.16. The van der Waals surface area contributed by atoms with Crippen molar-refractivity contribution in [3.63, 3.8) is 0 Å². The van der Waals surface area contributed by atoms with Crippen molar-refractivity contribution in [2.45, 2.75) is 26.8 Å². The molecule has 0 unspecified atom stereocenters. The fourth-order valence-corrected chi connectivity index (χ4v) is 1.22. The van der Waals surface area contributed by atoms with E-state index in [9.17, 15) is 5.11 Å². The van der Waals surface area contributed by atoms with E-state index in [-0.39, 0.29) is 17.2 Å². The predicted octanol–water partition coefficient (Wildman–Crippen LogP) is 2.44. The van der Waals surface area contributed by atoms with Crippen LogP contribution in [-0.2, 0) is 0 Å². The first kappa shape index (κ1) is 10.1. The van der Waals surface area contributed by atoms with Gasteiger partial charge in [0.25, 0.3) is 0 Å². The highest BCUT2D eigenvalue weighted by molar-refractivity contribution is 5.29. The van der Waals surface area contributed by atoms with Crippen LogP contribution in [0.5, 0.6) is 5.75 Å². The fourth-order valence-electron chi connectivity index (χ4n) is 1.22. The Morgan fingerprint density at radius 1 is 1.31 bits per heavy atom. The average Bonchev–Trinajstić information content (AvgIpc) is 2.01. The van der Waals surface area contributed by atoms with E-state index in [2.05, 4.69) is 20.8 Å². The molecule has 1 atom stereocenters. The Balaban J connectivity index is 2.96. The van der Waals surface area contributed by atoms with Gasteiger partial charge in [0.15, 0.2) is 0 Å². The minimum absolute atomic E-state index is 0.0216. The molecule has 2 heteroatoms. The summed E-state index contributed by atoms with van der Waals surface area (Å²) < 4.78 is 0. The molecule has 0 fully saturated rings. The van der Waals surface area contributed by atoms with Gasteiger partial charge in [0.05, 0.1) is 0 Å². The van der Waals surface area contributed by atoms with E-state index in [1.54, 1.807) is 12.1 Å². The molecule has 0 saturated carbocycles. The van der Waals surface area contributed by atoms with E-state index in [0.29, 0.717) is 0 Å². The molecule has 0 heterocycles. The maximum Gasteiger partial charge on any atom is 0.115 e. The predicted molar refractivity (Wildman–Crippen MR) is 54.5 cm³/mol. The van der Waals surface area contributed by atoms with Crippen molar-refractivity contribution in [1.82, 2.24) is 0 Å². The third-order valence-electron chi connectivity index (χ3n) is 2.16. The van der Waals surface area contributed by atoms with Gasteiger partial charge in [-0.1, -0.05) is 32.9 Å². The smallest absolute Gasteiger partial charge is 0.115 e. The molecule has 1 aromatic rings. The quantitative estimate of drug-likeness (QED) is 0.695. The van der Waals surface area contributed by atoms with Gasteiger partial charge >= 0.3 is 0 Å². The zero-order valence-electron chi connectivity index (χ0n) is 8.41. The maximum atomic E-state index is 9.27. The number of hydrogen-bond acceptors (Lipinski definition) is 2. The zero-order valence-corrected chi connectivity index (χ0v) is 8.41. The molecule has 0 spiro atoms. The Kier molecular flexibility index (Phi) is 2.62. The summed E-state index contributed by atoms with van der Waals surface area (Å²) in [6.07, 6.45) is 0. The zero-order chi connectivity index (χ0) is 10.1. The van der Waals surface area contributed by atoms with Gasteiger partial charge in [-0.3, -0.25) is 0 Å². The number of aromatic hydroxyl groups is 1. The van der Waals surface area contributed by atoms with Crippen molar-refractivity contribution in [3.8, 4) is 5.75 Å². The first-order chi connectivity index (χ1) is 5.91. The second-order valence-electron chi connectivity index (χ2n) is 4.44. The van der Waals surface area contributed by atoms with Gasteiger partial charge in [-0.25, -0.2) is 0 Å². The van der Waals surface area contributed by atoms with Gasteiger partial charge in [-0.05, 0) is 23.1 Å². The van der Waals surface area contributed by atoms with Crippen LogP contribution >= 0.6 is 0 Å². The van der Waals surface area contributed by atoms with Gasteiger partial charge in [-0.15, -0.1) is 0 Å². The highest BCUT2D eigenvalue weighted by atomic mass is 16.3. The van der Waals surface area contributed by atoms with E-state index >= 15 is 0 Å². The Bertz CT molecular complexity index is 288. The summed E-state index contributed by atoms with van der Waals surface area (Å²) in [6, 6.07) is 7.08. The molecule has 0 aliphatic carbocycles. The topological polar surface area (TPSA) is 46.2 Å². The van der Waals surface area contributed by atoms with Crippen LogP contribution in [0, 0.1) is 5.41 Å². The summed E-state index contributed by atoms with van der Waals surface area (Å²) in [6.45, 7) is 6.26. The van der Waals surface area contributed by atoms with Gasteiger partial charge in [-0.2, -0.15) is 0 Å². The Labute approximate surface area is 79.4 Å². The number of hydrogen-bond donors (Lipinski definition) is 2. The van der Waals surface area contributed by atoms with Gasteiger partial charge in [0.2, 0.25) is 0 Å². The lowest BCUT2D eigenvalue weighted by Crippen LogP contribution is -2.26. The SMILES string of the molecule is CC(C)(C)[C@H](N)c1cccc(O)c1. The van der Waals surface area contributed by atoms with Crippen LogP contribution in [0.4, 0.5) is 0 Å². The molecular weight excluding hydrogens is 162 g/mol. The number of phenols is 1. The van der Waals surface area contributed by atoms with Crippen LogP contribution in [0.2, 0.25) is 0 Å². The van der Waals surface area contributed by atoms with Crippen LogP contribution in [0.1, 0.15) is 32.4 Å². The van der Waals surface area contributed by atoms with E-state index in [0.717, 1.165) is 5.56 Å². The molecule has 72 valence electrons. The van der Waals surface area contributed by atoms with Crippen molar-refractivity contribution in [3.05, 3.63) is 29.8 Å². The van der Waals surface area contributed by atoms with Crippen molar-refractivity contribution < 1.29 is 5.11 Å². The van der Waals surface area contributed by atoms with E-state index in [1.807, 2.05) is 12.1 Å². The van der Waals surface area contributed by atoms with E-state index < -0.39 is 0 Å². The van der Waals surface area contributed by atoms with Crippen LogP contribution in [-0.4, -0.2) is 5.11 Å². The van der Waals surface area contributed by atoms with E-state index in [1.165, 1.54) is 0 Å². The molecule has 0 radical (unpaired) electrons. The summed E-state index contributed by atoms with van der Waals surface area (Å²) in [5, 5.41) is 9.27. The minimum Gasteiger partial charge on any atom is -0.508 e. The number of benzene rings is 1. The monoisotopic (exact) mass is 179 g/mol. The first-order valence-corrected chi connectivity index (χ1v) is 4.46. The molecule has 0 amide bonds. The molecule has 0 aromatic heterocycles. The first-order valence-electron chi connectivity index (χ1n) is 4.46. The molecule has 3 N–H and O–H groups in total. The largest absolute Gasteiger partial charge is 0.508 e. The summed E-state index contributed by atoms with van der Waals surface area (Å²) >= 11 is 0. The molecule has 2 nitrogen and oxygen atoms in total. The van der Waals surface area contributed by atoms with Crippen LogP contribution in [0.15, 0.2) is 24.3 Å². The molecule has 0 aliphatic rings. The standard InChI is InChI=1S/C11H17NO/c1-11(2,3)10(12)8-5-4-6-9(13)7-8/h4-7,10,13H,12H2,1-3H3/t10-/m1/s1. The van der Waals surface area contributed by atoms with Crippen molar-refractivity contribution >= 4 is 0 Å². The second-order valence-corrected chi connectivity index (χ2v) is 4.44. The van der Waals surface area contributed by atoms with Gasteiger partial charge in [0, 0.05) is 6.04 Å². The van der Waals surface area contributed by atoms with Gasteiger partial charge < -0.3 is 10.8 Å². The second kappa shape index (κ2) is 3.38. The van der Waals surface area contributed by atoms with Crippen molar-refractivity contribution in [2.75, 3.05) is 0 Å². The van der Waals surface area contributed by atoms with Crippen LogP contribution < -0.4 is 5.73 Å². The van der Waals surface area contributed by atoms with Gasteiger partial charge in [0.1, 0.15) is 5.75 Å². The molecule has 0 aliphatic heterocycles. The molecule has 0 saturated heterocycles. The summed E-state index contributed by atoms with van der Waals surface area (Å²) in [5.74, 6) is 0.275. The molecule has 0 bridgehead atoms. The lowest BCUT2D eigenvalue weighted by atomic mass is 9.83. The Morgan fingerprint density at radius 3 is 2.38 bits per heavy atom. The van der Waals surface area contributed by atoms with Crippen LogP contribution in [0.25, 0.3) is 0 Å². The summed E-state index contributed by atoms with van der Waals surface area (Å²) in [7, 11) is 0. The lowest BCUT2D eigenvalue weighted by Gasteiger charge is -2.27. The van der Waals surface area contributed by atoms with E-state index in [4.69, 9.17) is 5.73 Å². The minimum atomic E-state index is -0.0420. The summed E-state index contributed by atoms with van der Waals surface area (Å²) in [4.78, 5) is 0.